The number of hydrogen-bond donors (Lipinski definition) is 0. The molecule has 18 heavy (non-hydrogen) atoms. The minimum Gasteiger partial charge on any atom is -0.294 e. The average molecular weight is 388 g/mol. The van der Waals surface area contributed by atoms with Gasteiger partial charge in [0.05, 0.1) is 0 Å². The van der Waals surface area contributed by atoms with Gasteiger partial charge in [-0.2, -0.15) is 0 Å². The summed E-state index contributed by atoms with van der Waals surface area (Å²) in [7, 11) is 0. The summed E-state index contributed by atoms with van der Waals surface area (Å²) < 4.78 is 1.68. The zero-order valence-electron chi connectivity index (χ0n) is 9.29. The van der Waals surface area contributed by atoms with Gasteiger partial charge >= 0.3 is 0 Å². The van der Waals surface area contributed by atoms with Crippen molar-refractivity contribution in [3.8, 4) is 0 Å². The fraction of sp³-hybridized carbons (Fsp3) is 0.0714. The first-order valence-corrected chi connectivity index (χ1v) is 7.26. The van der Waals surface area contributed by atoms with Crippen LogP contribution in [0, 0.1) is 0 Å². The summed E-state index contributed by atoms with van der Waals surface area (Å²) in [6, 6.07) is 12.9. The Kier molecular flexibility index (Phi) is 4.60. The highest BCUT2D eigenvalue weighted by atomic mass is 79.9. The number of Topliss-reactive ketones (excluding diaryl/α,β-unsaturated/α-hetero) is 1. The van der Waals surface area contributed by atoms with Crippen molar-refractivity contribution in [2.24, 2.45) is 0 Å². The van der Waals surface area contributed by atoms with Crippen molar-refractivity contribution in [1.82, 2.24) is 0 Å². The minimum atomic E-state index is 0.0382. The van der Waals surface area contributed by atoms with Gasteiger partial charge in [-0.3, -0.25) is 4.79 Å². The normalized spacial score (nSPS) is 10.4. The maximum atomic E-state index is 12.2. The van der Waals surface area contributed by atoms with Gasteiger partial charge in [-0.25, -0.2) is 0 Å². The van der Waals surface area contributed by atoms with Crippen LogP contribution in [0.15, 0.2) is 51.4 Å². The topological polar surface area (TPSA) is 17.1 Å². The molecule has 0 fully saturated rings. The minimum absolute atomic E-state index is 0.0382. The Hall–Kier alpha value is -0.640. The van der Waals surface area contributed by atoms with Crippen molar-refractivity contribution in [2.75, 3.05) is 0 Å². The van der Waals surface area contributed by atoms with E-state index in [1.54, 1.807) is 6.07 Å². The molecule has 0 N–H and O–H groups in total. The Morgan fingerprint density at radius 2 is 1.83 bits per heavy atom. The van der Waals surface area contributed by atoms with Gasteiger partial charge < -0.3 is 0 Å². The van der Waals surface area contributed by atoms with Gasteiger partial charge in [0.15, 0.2) is 5.78 Å². The van der Waals surface area contributed by atoms with Crippen LogP contribution >= 0.6 is 43.5 Å². The number of halogens is 3. The maximum Gasteiger partial charge on any atom is 0.168 e. The summed E-state index contributed by atoms with van der Waals surface area (Å²) in [6.07, 6.45) is 0.300. The van der Waals surface area contributed by atoms with Crippen molar-refractivity contribution in [3.05, 3.63) is 67.6 Å². The van der Waals surface area contributed by atoms with Gasteiger partial charge in [-0.1, -0.05) is 61.7 Å². The lowest BCUT2D eigenvalue weighted by Gasteiger charge is -2.06. The van der Waals surface area contributed by atoms with Crippen LogP contribution in [0.1, 0.15) is 15.9 Å². The predicted molar refractivity (Wildman–Crippen MR) is 81.3 cm³/mol. The first-order chi connectivity index (χ1) is 8.58. The van der Waals surface area contributed by atoms with E-state index in [9.17, 15) is 4.79 Å². The maximum absolute atomic E-state index is 12.2. The first-order valence-electron chi connectivity index (χ1n) is 5.29. The van der Waals surface area contributed by atoms with Crippen LogP contribution in [0.3, 0.4) is 0 Å². The molecule has 0 saturated carbocycles. The molecule has 0 atom stereocenters. The molecule has 0 bridgehead atoms. The van der Waals surface area contributed by atoms with Crippen molar-refractivity contribution in [2.45, 2.75) is 6.42 Å². The number of rotatable bonds is 3. The highest BCUT2D eigenvalue weighted by Gasteiger charge is 2.12. The molecule has 0 aliphatic rings. The van der Waals surface area contributed by atoms with Gasteiger partial charge in [0.1, 0.15) is 0 Å². The van der Waals surface area contributed by atoms with Crippen LogP contribution in [0.2, 0.25) is 5.02 Å². The van der Waals surface area contributed by atoms with Crippen LogP contribution in [0.5, 0.6) is 0 Å². The quantitative estimate of drug-likeness (QED) is 0.653. The summed E-state index contributed by atoms with van der Waals surface area (Å²) in [5, 5.41) is 0.622. The second kappa shape index (κ2) is 6.00. The van der Waals surface area contributed by atoms with Crippen LogP contribution in [-0.4, -0.2) is 5.78 Å². The van der Waals surface area contributed by atoms with E-state index in [4.69, 9.17) is 11.6 Å². The number of ketones is 1. The van der Waals surface area contributed by atoms with E-state index in [0.29, 0.717) is 17.0 Å². The number of hydrogen-bond acceptors (Lipinski definition) is 1. The predicted octanol–water partition coefficient (Wildman–Crippen LogP) is 5.29. The monoisotopic (exact) mass is 386 g/mol. The molecule has 92 valence electrons. The van der Waals surface area contributed by atoms with E-state index in [-0.39, 0.29) is 5.78 Å². The van der Waals surface area contributed by atoms with Crippen LogP contribution in [0.4, 0.5) is 0 Å². The molecule has 0 saturated heterocycles. The molecule has 2 aromatic carbocycles. The van der Waals surface area contributed by atoms with E-state index < -0.39 is 0 Å². The highest BCUT2D eigenvalue weighted by molar-refractivity contribution is 9.11. The largest absolute Gasteiger partial charge is 0.294 e. The van der Waals surface area contributed by atoms with E-state index in [1.807, 2.05) is 36.4 Å². The molecule has 2 aromatic rings. The Morgan fingerprint density at radius 1 is 1.11 bits per heavy atom. The van der Waals surface area contributed by atoms with E-state index in [1.165, 1.54) is 0 Å². The number of benzene rings is 2. The SMILES string of the molecule is O=C(Cc1ccccc1Cl)c1cc(Br)ccc1Br. The van der Waals surface area contributed by atoms with E-state index >= 15 is 0 Å². The second-order valence-electron chi connectivity index (χ2n) is 3.82. The molecule has 0 unspecified atom stereocenters. The Labute approximate surface area is 127 Å². The van der Waals surface area contributed by atoms with Crippen LogP contribution < -0.4 is 0 Å². The van der Waals surface area contributed by atoms with Gasteiger partial charge in [0.25, 0.3) is 0 Å². The zero-order valence-corrected chi connectivity index (χ0v) is 13.2. The molecule has 0 amide bonds. The van der Waals surface area contributed by atoms with Crippen molar-refractivity contribution in [3.63, 3.8) is 0 Å². The Bertz CT molecular complexity index is 596. The summed E-state index contributed by atoms with van der Waals surface area (Å²) in [6.45, 7) is 0. The third-order valence-electron chi connectivity index (χ3n) is 2.54. The number of carbonyl (C=O) groups excluding carboxylic acids is 1. The van der Waals surface area contributed by atoms with E-state index in [0.717, 1.165) is 14.5 Å². The molecule has 4 heteroatoms. The molecule has 2 rings (SSSR count). The standard InChI is InChI=1S/C14H9Br2ClO/c15-10-5-6-12(16)11(8-10)14(18)7-9-3-1-2-4-13(9)17/h1-6,8H,7H2. The van der Waals surface area contributed by atoms with Gasteiger partial charge in [0.2, 0.25) is 0 Å². The van der Waals surface area contributed by atoms with Crippen molar-refractivity contribution >= 4 is 49.2 Å². The smallest absolute Gasteiger partial charge is 0.168 e. The van der Waals surface area contributed by atoms with Crippen LogP contribution in [0.25, 0.3) is 0 Å². The first kappa shape index (κ1) is 13.8. The molecule has 0 spiro atoms. The molecule has 0 radical (unpaired) electrons. The summed E-state index contributed by atoms with van der Waals surface area (Å²) >= 11 is 12.8. The summed E-state index contributed by atoms with van der Waals surface area (Å²) in [5.74, 6) is 0.0382. The fourth-order valence-electron chi connectivity index (χ4n) is 1.62. The Morgan fingerprint density at radius 3 is 2.56 bits per heavy atom. The molecular formula is C14H9Br2ClO. The number of carbonyl (C=O) groups is 1. The third-order valence-corrected chi connectivity index (χ3v) is 4.09. The molecule has 0 heterocycles. The molecule has 1 nitrogen and oxygen atoms in total. The molecule has 0 aliphatic carbocycles. The second-order valence-corrected chi connectivity index (χ2v) is 5.99. The third kappa shape index (κ3) is 3.22. The zero-order chi connectivity index (χ0) is 13.1. The summed E-state index contributed by atoms with van der Waals surface area (Å²) in [4.78, 5) is 12.2. The van der Waals surface area contributed by atoms with Crippen molar-refractivity contribution < 1.29 is 4.79 Å². The van der Waals surface area contributed by atoms with Crippen LogP contribution in [-0.2, 0) is 6.42 Å². The average Bonchev–Trinajstić information content (AvgIpc) is 2.35. The lowest BCUT2D eigenvalue weighted by atomic mass is 10.0. The molecule has 0 aromatic heterocycles. The molecule has 0 aliphatic heterocycles. The van der Waals surface area contributed by atoms with Gasteiger partial charge in [0, 0.05) is 26.0 Å². The van der Waals surface area contributed by atoms with E-state index in [2.05, 4.69) is 31.9 Å². The summed E-state index contributed by atoms with van der Waals surface area (Å²) in [5.41, 5.74) is 1.50. The van der Waals surface area contributed by atoms with Crippen molar-refractivity contribution in [1.29, 1.82) is 0 Å². The van der Waals surface area contributed by atoms with Gasteiger partial charge in [-0.15, -0.1) is 0 Å². The molecular weight excluding hydrogens is 379 g/mol. The lowest BCUT2D eigenvalue weighted by molar-refractivity contribution is 0.0992. The lowest BCUT2D eigenvalue weighted by Crippen LogP contribution is -2.05. The highest BCUT2D eigenvalue weighted by Crippen LogP contribution is 2.24. The van der Waals surface area contributed by atoms with Gasteiger partial charge in [-0.05, 0) is 29.8 Å². The Balaban J connectivity index is 2.28. The fourth-order valence-corrected chi connectivity index (χ4v) is 2.65.